The number of aromatic nitrogens is 3. The molecule has 0 amide bonds. The van der Waals surface area contributed by atoms with E-state index in [0.717, 1.165) is 19.3 Å². The number of aryl methyl sites for hydroxylation is 1. The smallest absolute Gasteiger partial charge is 0.339 e. The second-order valence-corrected chi connectivity index (χ2v) is 4.68. The topological polar surface area (TPSA) is 88.0 Å². The van der Waals surface area contributed by atoms with Crippen LogP contribution in [-0.2, 0) is 6.54 Å². The number of nitrogens with zero attached hydrogens (tertiary/aromatic N) is 2. The Balaban J connectivity index is 2.62. The summed E-state index contributed by atoms with van der Waals surface area (Å²) in [7, 11) is 0. The molecule has 0 radical (unpaired) electrons. The van der Waals surface area contributed by atoms with E-state index in [1.165, 1.54) is 10.8 Å². The molecule has 102 valence electrons. The molecule has 0 atom stereocenters. The molecule has 7 heteroatoms. The molecule has 0 saturated heterocycles. The molecule has 0 aromatic carbocycles. The average molecular weight is 284 g/mol. The lowest BCUT2D eigenvalue weighted by Gasteiger charge is -2.06. The molecule has 6 nitrogen and oxygen atoms in total. The predicted octanol–water partition coefficient (Wildman–Crippen LogP) is 2.27. The lowest BCUT2D eigenvalue weighted by Crippen LogP contribution is -2.18. The van der Waals surface area contributed by atoms with Gasteiger partial charge in [0, 0.05) is 12.7 Å². The highest BCUT2D eigenvalue weighted by atomic mass is 35.5. The second kappa shape index (κ2) is 5.44. The lowest BCUT2D eigenvalue weighted by molar-refractivity contribution is 0.0698. The van der Waals surface area contributed by atoms with Gasteiger partial charge in [0.05, 0.1) is 5.02 Å². The highest BCUT2D eigenvalue weighted by Crippen LogP contribution is 2.23. The van der Waals surface area contributed by atoms with Gasteiger partial charge in [0.15, 0.2) is 5.65 Å². The maximum atomic E-state index is 11.9. The maximum absolute atomic E-state index is 11.9. The SMILES string of the molecule is CCCCCn1c(=O)[nH]c2ncc(Cl)c(C(=O)O)c21. The molecule has 19 heavy (non-hydrogen) atoms. The van der Waals surface area contributed by atoms with E-state index >= 15 is 0 Å². The number of unbranched alkanes of at least 4 members (excludes halogenated alkanes) is 2. The summed E-state index contributed by atoms with van der Waals surface area (Å²) in [6.45, 7) is 2.51. The third kappa shape index (κ3) is 2.49. The zero-order valence-electron chi connectivity index (χ0n) is 10.4. The van der Waals surface area contributed by atoms with Crippen LogP contribution in [0.1, 0.15) is 36.5 Å². The number of aromatic carboxylic acids is 1. The summed E-state index contributed by atoms with van der Waals surface area (Å²) in [5.74, 6) is -1.17. The molecule has 0 fully saturated rings. The summed E-state index contributed by atoms with van der Waals surface area (Å²) in [4.78, 5) is 29.6. The molecule has 0 aliphatic heterocycles. The highest BCUT2D eigenvalue weighted by molar-refractivity contribution is 6.34. The molecule has 0 aliphatic rings. The molecular weight excluding hydrogens is 270 g/mol. The van der Waals surface area contributed by atoms with Gasteiger partial charge in [-0.25, -0.2) is 14.6 Å². The van der Waals surface area contributed by atoms with Crippen molar-refractivity contribution in [2.75, 3.05) is 0 Å². The highest BCUT2D eigenvalue weighted by Gasteiger charge is 2.20. The van der Waals surface area contributed by atoms with Gasteiger partial charge in [0.25, 0.3) is 0 Å². The molecule has 0 aliphatic carbocycles. The molecular formula is C12H14ClN3O3. The van der Waals surface area contributed by atoms with Crippen LogP contribution < -0.4 is 5.69 Å². The summed E-state index contributed by atoms with van der Waals surface area (Å²) in [5.41, 5.74) is 0.0780. The number of halogens is 1. The first-order valence-corrected chi connectivity index (χ1v) is 6.44. The zero-order valence-corrected chi connectivity index (χ0v) is 11.2. The number of hydrogen-bond acceptors (Lipinski definition) is 3. The monoisotopic (exact) mass is 283 g/mol. The van der Waals surface area contributed by atoms with E-state index in [1.807, 2.05) is 0 Å². The summed E-state index contributed by atoms with van der Waals surface area (Å²) in [5, 5.41) is 9.26. The van der Waals surface area contributed by atoms with Crippen LogP contribution in [0.5, 0.6) is 0 Å². The van der Waals surface area contributed by atoms with Crippen LogP contribution in [0.25, 0.3) is 11.2 Å². The van der Waals surface area contributed by atoms with E-state index < -0.39 is 5.97 Å². The Morgan fingerprint density at radius 1 is 1.53 bits per heavy atom. The first-order valence-electron chi connectivity index (χ1n) is 6.06. The average Bonchev–Trinajstić information content (AvgIpc) is 2.66. The van der Waals surface area contributed by atoms with Crippen molar-refractivity contribution in [2.45, 2.75) is 32.7 Å². The van der Waals surface area contributed by atoms with Crippen LogP contribution in [0, 0.1) is 0 Å². The molecule has 2 rings (SSSR count). The van der Waals surface area contributed by atoms with Crippen molar-refractivity contribution in [3.8, 4) is 0 Å². The predicted molar refractivity (Wildman–Crippen MR) is 71.8 cm³/mol. The number of aromatic amines is 1. The zero-order chi connectivity index (χ0) is 14.0. The molecule has 2 aromatic rings. The molecule has 0 bridgehead atoms. The number of pyridine rings is 1. The Kier molecular flexibility index (Phi) is 3.90. The number of carboxylic acid groups (broad SMARTS) is 1. The van der Waals surface area contributed by atoms with Crippen molar-refractivity contribution in [3.63, 3.8) is 0 Å². The van der Waals surface area contributed by atoms with Crippen LogP contribution in [0.4, 0.5) is 0 Å². The molecule has 0 spiro atoms. The van der Waals surface area contributed by atoms with Crippen molar-refractivity contribution >= 4 is 28.7 Å². The first kappa shape index (κ1) is 13.6. The lowest BCUT2D eigenvalue weighted by atomic mass is 10.2. The van der Waals surface area contributed by atoms with Crippen LogP contribution in [0.15, 0.2) is 11.0 Å². The van der Waals surface area contributed by atoms with Crippen molar-refractivity contribution in [2.24, 2.45) is 0 Å². The Morgan fingerprint density at radius 3 is 2.89 bits per heavy atom. The van der Waals surface area contributed by atoms with Crippen molar-refractivity contribution in [1.82, 2.24) is 14.5 Å². The fraction of sp³-hybridized carbons (Fsp3) is 0.417. The molecule has 2 aromatic heterocycles. The van der Waals surface area contributed by atoms with Gasteiger partial charge in [-0.05, 0) is 6.42 Å². The Hall–Kier alpha value is -1.82. The maximum Gasteiger partial charge on any atom is 0.339 e. The molecule has 2 heterocycles. The van der Waals surface area contributed by atoms with E-state index in [1.54, 1.807) is 0 Å². The third-order valence-electron chi connectivity index (χ3n) is 2.95. The standard InChI is InChI=1S/C12H14ClN3O3/c1-2-3-4-5-16-9-8(11(17)18)7(13)6-14-10(9)15-12(16)19/h6H,2-5H2,1H3,(H,17,18)(H,14,15,19). The number of hydrogen-bond donors (Lipinski definition) is 2. The van der Waals surface area contributed by atoms with Crippen LogP contribution >= 0.6 is 11.6 Å². The summed E-state index contributed by atoms with van der Waals surface area (Å²) in [6.07, 6.45) is 4.02. The number of fused-ring (bicyclic) bond motifs is 1. The minimum absolute atomic E-state index is 0.0308. The number of nitrogens with one attached hydrogen (secondary N) is 1. The van der Waals surface area contributed by atoms with E-state index in [2.05, 4.69) is 16.9 Å². The minimum atomic E-state index is -1.17. The van der Waals surface area contributed by atoms with Crippen molar-refractivity contribution in [1.29, 1.82) is 0 Å². The fourth-order valence-corrected chi connectivity index (χ4v) is 2.26. The van der Waals surface area contributed by atoms with Gasteiger partial charge in [-0.1, -0.05) is 31.4 Å². The second-order valence-electron chi connectivity index (χ2n) is 4.27. The van der Waals surface area contributed by atoms with E-state index in [4.69, 9.17) is 11.6 Å². The van der Waals surface area contributed by atoms with Gasteiger partial charge in [0.1, 0.15) is 11.1 Å². The first-order chi connectivity index (χ1) is 9.06. The van der Waals surface area contributed by atoms with Gasteiger partial charge < -0.3 is 5.11 Å². The largest absolute Gasteiger partial charge is 0.478 e. The molecule has 0 saturated carbocycles. The van der Waals surface area contributed by atoms with Gasteiger partial charge in [-0.15, -0.1) is 0 Å². The van der Waals surface area contributed by atoms with Crippen molar-refractivity contribution < 1.29 is 9.90 Å². The van der Waals surface area contributed by atoms with Crippen LogP contribution in [-0.4, -0.2) is 25.6 Å². The third-order valence-corrected chi connectivity index (χ3v) is 3.23. The Bertz CT molecular complexity index is 675. The van der Waals surface area contributed by atoms with Gasteiger partial charge in [-0.3, -0.25) is 9.55 Å². The number of carboxylic acids is 1. The van der Waals surface area contributed by atoms with Gasteiger partial charge in [-0.2, -0.15) is 0 Å². The summed E-state index contributed by atoms with van der Waals surface area (Å²) in [6, 6.07) is 0. The summed E-state index contributed by atoms with van der Waals surface area (Å²) >= 11 is 5.87. The minimum Gasteiger partial charge on any atom is -0.478 e. The Labute approximate surface area is 114 Å². The quantitative estimate of drug-likeness (QED) is 0.824. The van der Waals surface area contributed by atoms with Crippen molar-refractivity contribution in [3.05, 3.63) is 27.3 Å². The molecule has 0 unspecified atom stereocenters. The van der Waals surface area contributed by atoms with E-state index in [-0.39, 0.29) is 27.4 Å². The number of rotatable bonds is 5. The summed E-state index contributed by atoms with van der Waals surface area (Å²) < 4.78 is 1.40. The number of imidazole rings is 1. The van der Waals surface area contributed by atoms with Crippen LogP contribution in [0.3, 0.4) is 0 Å². The van der Waals surface area contributed by atoms with Gasteiger partial charge in [0.2, 0.25) is 0 Å². The Morgan fingerprint density at radius 2 is 2.26 bits per heavy atom. The van der Waals surface area contributed by atoms with E-state index in [9.17, 15) is 14.7 Å². The number of H-pyrrole nitrogens is 1. The van der Waals surface area contributed by atoms with Crippen LogP contribution in [0.2, 0.25) is 5.02 Å². The van der Waals surface area contributed by atoms with E-state index in [0.29, 0.717) is 6.54 Å². The molecule has 2 N–H and O–H groups in total. The normalized spacial score (nSPS) is 11.1. The van der Waals surface area contributed by atoms with Gasteiger partial charge >= 0.3 is 11.7 Å². The fourth-order valence-electron chi connectivity index (χ4n) is 2.04. The number of carbonyl (C=O) groups is 1.